The normalized spacial score (nSPS) is 12.4. The summed E-state index contributed by atoms with van der Waals surface area (Å²) in [5, 5.41) is 3.33. The van der Waals surface area contributed by atoms with Crippen molar-refractivity contribution in [3.8, 4) is 5.75 Å². The van der Waals surface area contributed by atoms with E-state index in [0.29, 0.717) is 22.9 Å². The van der Waals surface area contributed by atoms with Crippen molar-refractivity contribution in [2.75, 3.05) is 17.5 Å². The van der Waals surface area contributed by atoms with Gasteiger partial charge in [0, 0.05) is 17.1 Å². The number of hydrogen-bond acceptors (Lipinski definition) is 5. The Labute approximate surface area is 252 Å². The van der Waals surface area contributed by atoms with Gasteiger partial charge in [0.25, 0.3) is 10.0 Å². The van der Waals surface area contributed by atoms with Crippen LogP contribution in [-0.4, -0.2) is 49.9 Å². The van der Waals surface area contributed by atoms with Crippen LogP contribution in [0.1, 0.15) is 46.6 Å². The lowest BCUT2D eigenvalue weighted by Crippen LogP contribution is -2.55. The summed E-state index contributed by atoms with van der Waals surface area (Å²) >= 11 is 6.43. The summed E-state index contributed by atoms with van der Waals surface area (Å²) in [5.41, 5.74) is 0.230. The summed E-state index contributed by atoms with van der Waals surface area (Å²) in [6.45, 7) is 8.87. The molecule has 0 saturated heterocycles. The van der Waals surface area contributed by atoms with Gasteiger partial charge in [-0.25, -0.2) is 12.8 Å². The number of benzene rings is 3. The molecule has 3 rings (SSSR count). The predicted molar refractivity (Wildman–Crippen MR) is 163 cm³/mol. The number of sulfonamides is 1. The molecule has 1 N–H and O–H groups in total. The van der Waals surface area contributed by atoms with Gasteiger partial charge in [0.15, 0.2) is 0 Å². The number of nitrogens with one attached hydrogen (secondary N) is 1. The smallest absolute Gasteiger partial charge is 0.264 e. The molecule has 3 aromatic carbocycles. The molecule has 0 bridgehead atoms. The van der Waals surface area contributed by atoms with Gasteiger partial charge < -0.3 is 15.0 Å². The molecule has 3 aromatic rings. The van der Waals surface area contributed by atoms with Crippen LogP contribution in [0.3, 0.4) is 0 Å². The molecule has 0 aliphatic rings. The lowest BCUT2D eigenvalue weighted by atomic mass is 10.1. The van der Waals surface area contributed by atoms with Crippen molar-refractivity contribution in [3.63, 3.8) is 0 Å². The summed E-state index contributed by atoms with van der Waals surface area (Å²) < 4.78 is 47.9. The molecule has 8 nitrogen and oxygen atoms in total. The molecular formula is C31H37ClFN3O5S. The van der Waals surface area contributed by atoms with Gasteiger partial charge in [-0.2, -0.15) is 0 Å². The lowest BCUT2D eigenvalue weighted by molar-refractivity contribution is -0.141. The molecule has 0 radical (unpaired) electrons. The topological polar surface area (TPSA) is 96.0 Å². The molecule has 226 valence electrons. The minimum Gasteiger partial charge on any atom is -0.494 e. The molecule has 0 fully saturated rings. The molecule has 0 saturated carbocycles. The van der Waals surface area contributed by atoms with Crippen molar-refractivity contribution in [1.29, 1.82) is 0 Å². The highest BCUT2D eigenvalue weighted by molar-refractivity contribution is 7.92. The maximum absolute atomic E-state index is 14.1. The lowest BCUT2D eigenvalue weighted by Gasteiger charge is -2.35. The van der Waals surface area contributed by atoms with E-state index >= 15 is 0 Å². The SMILES string of the molecule is CCOc1ccc(N(CC(=O)N(Cc2ccccc2Cl)[C@@H](CC)C(=O)NC(C)(C)C)S(=O)(=O)c2ccc(F)cc2)cc1. The zero-order valence-corrected chi connectivity index (χ0v) is 26.0. The van der Waals surface area contributed by atoms with Crippen LogP contribution in [0.4, 0.5) is 10.1 Å². The maximum atomic E-state index is 14.1. The molecule has 0 aliphatic heterocycles. The number of hydrogen-bond donors (Lipinski definition) is 1. The Balaban J connectivity index is 2.08. The van der Waals surface area contributed by atoms with E-state index in [1.165, 1.54) is 17.0 Å². The van der Waals surface area contributed by atoms with Gasteiger partial charge in [-0.1, -0.05) is 36.7 Å². The zero-order chi connectivity index (χ0) is 31.1. The van der Waals surface area contributed by atoms with Crippen molar-refractivity contribution in [2.45, 2.75) is 64.1 Å². The number of ether oxygens (including phenoxy) is 1. The molecule has 0 aromatic heterocycles. The largest absolute Gasteiger partial charge is 0.494 e. The number of carbonyl (C=O) groups is 2. The summed E-state index contributed by atoms with van der Waals surface area (Å²) in [4.78, 5) is 28.7. The van der Waals surface area contributed by atoms with Crippen LogP contribution >= 0.6 is 11.6 Å². The van der Waals surface area contributed by atoms with E-state index in [9.17, 15) is 22.4 Å². The second-order valence-corrected chi connectivity index (χ2v) is 12.9. The fourth-order valence-corrected chi connectivity index (χ4v) is 5.93. The summed E-state index contributed by atoms with van der Waals surface area (Å²) in [7, 11) is -4.34. The quantitative estimate of drug-likeness (QED) is 0.277. The predicted octanol–water partition coefficient (Wildman–Crippen LogP) is 5.80. The number of nitrogens with zero attached hydrogens (tertiary/aromatic N) is 2. The first-order chi connectivity index (χ1) is 19.8. The first-order valence-electron chi connectivity index (χ1n) is 13.6. The fraction of sp³-hybridized carbons (Fsp3) is 0.355. The molecule has 11 heteroatoms. The number of amides is 2. The second-order valence-electron chi connectivity index (χ2n) is 10.7. The molecule has 42 heavy (non-hydrogen) atoms. The van der Waals surface area contributed by atoms with Gasteiger partial charge in [-0.3, -0.25) is 13.9 Å². The van der Waals surface area contributed by atoms with Gasteiger partial charge in [0.05, 0.1) is 17.2 Å². The molecule has 0 spiro atoms. The molecule has 0 heterocycles. The Bertz CT molecular complexity index is 1480. The van der Waals surface area contributed by atoms with Crippen LogP contribution in [0.5, 0.6) is 5.75 Å². The maximum Gasteiger partial charge on any atom is 0.264 e. The standard InChI is InChI=1S/C31H37ClFN3O5S/c1-6-28(30(38)34-31(3,4)5)35(20-22-10-8-9-11-27(22)32)29(37)21-36(24-14-16-25(17-15-24)41-7-2)42(39,40)26-18-12-23(33)13-19-26/h8-19,28H,6-7,20-21H2,1-5H3,(H,34,38)/t28-/m0/s1. The Kier molecular flexibility index (Phi) is 11.0. The molecule has 0 aliphatic carbocycles. The average Bonchev–Trinajstić information content (AvgIpc) is 2.92. The summed E-state index contributed by atoms with van der Waals surface area (Å²) in [6.07, 6.45) is 0.270. The van der Waals surface area contributed by atoms with E-state index in [1.54, 1.807) is 43.3 Å². The molecule has 2 amide bonds. The Morgan fingerprint density at radius 2 is 1.60 bits per heavy atom. The first kappa shape index (κ1) is 32.9. The highest BCUT2D eigenvalue weighted by Gasteiger charge is 2.35. The van der Waals surface area contributed by atoms with E-state index < -0.39 is 39.9 Å². The number of rotatable bonds is 12. The monoisotopic (exact) mass is 617 g/mol. The Morgan fingerprint density at radius 3 is 2.14 bits per heavy atom. The van der Waals surface area contributed by atoms with E-state index in [-0.39, 0.29) is 29.5 Å². The van der Waals surface area contributed by atoms with Crippen LogP contribution in [-0.2, 0) is 26.2 Å². The third-order valence-corrected chi connectivity index (χ3v) is 8.46. The van der Waals surface area contributed by atoms with E-state index in [2.05, 4.69) is 5.32 Å². The highest BCUT2D eigenvalue weighted by Crippen LogP contribution is 2.27. The van der Waals surface area contributed by atoms with Gasteiger partial charge >= 0.3 is 0 Å². The van der Waals surface area contributed by atoms with Crippen LogP contribution in [0.25, 0.3) is 0 Å². The number of anilines is 1. The van der Waals surface area contributed by atoms with Crippen LogP contribution in [0.2, 0.25) is 5.02 Å². The third-order valence-electron chi connectivity index (χ3n) is 6.30. The van der Waals surface area contributed by atoms with Gasteiger partial charge in [0.1, 0.15) is 24.2 Å². The molecule has 1 atom stereocenters. The fourth-order valence-electron chi connectivity index (χ4n) is 4.32. The minimum absolute atomic E-state index is 0.0255. The third kappa shape index (κ3) is 8.45. The summed E-state index contributed by atoms with van der Waals surface area (Å²) in [5.74, 6) is -1.07. The van der Waals surface area contributed by atoms with Crippen molar-refractivity contribution in [3.05, 3.63) is 89.2 Å². The second kappa shape index (κ2) is 14.0. The van der Waals surface area contributed by atoms with E-state index in [4.69, 9.17) is 16.3 Å². The Morgan fingerprint density at radius 1 is 0.976 bits per heavy atom. The van der Waals surface area contributed by atoms with Crippen LogP contribution in [0, 0.1) is 5.82 Å². The van der Waals surface area contributed by atoms with Gasteiger partial charge in [-0.05, 0) is 94.3 Å². The van der Waals surface area contributed by atoms with Crippen LogP contribution in [0.15, 0.2) is 77.7 Å². The van der Waals surface area contributed by atoms with Gasteiger partial charge in [-0.15, -0.1) is 0 Å². The highest BCUT2D eigenvalue weighted by atomic mass is 35.5. The van der Waals surface area contributed by atoms with Crippen LogP contribution < -0.4 is 14.4 Å². The van der Waals surface area contributed by atoms with Crippen molar-refractivity contribution in [2.24, 2.45) is 0 Å². The van der Waals surface area contributed by atoms with Crippen molar-refractivity contribution in [1.82, 2.24) is 10.2 Å². The van der Waals surface area contributed by atoms with Crippen molar-refractivity contribution >= 4 is 39.1 Å². The minimum atomic E-state index is -4.34. The average molecular weight is 618 g/mol. The van der Waals surface area contributed by atoms with Crippen molar-refractivity contribution < 1.29 is 27.1 Å². The van der Waals surface area contributed by atoms with E-state index in [0.717, 1.165) is 28.6 Å². The zero-order valence-electron chi connectivity index (χ0n) is 24.4. The van der Waals surface area contributed by atoms with Gasteiger partial charge in [0.2, 0.25) is 11.8 Å². The molecular weight excluding hydrogens is 581 g/mol. The number of carbonyl (C=O) groups excluding carboxylic acids is 2. The number of halogens is 2. The summed E-state index contributed by atoms with van der Waals surface area (Å²) in [6, 6.07) is 16.7. The molecule has 0 unspecified atom stereocenters. The Hall–Kier alpha value is -3.63. The van der Waals surface area contributed by atoms with E-state index in [1.807, 2.05) is 27.7 Å². The first-order valence-corrected chi connectivity index (χ1v) is 15.4.